The molecular formula is C15H22N2OS. The zero-order valence-corrected chi connectivity index (χ0v) is 12.3. The van der Waals surface area contributed by atoms with Gasteiger partial charge < -0.3 is 10.6 Å². The number of hydrogen-bond acceptors (Lipinski definition) is 3. The highest BCUT2D eigenvalue weighted by atomic mass is 32.2. The molecule has 0 aliphatic carbocycles. The van der Waals surface area contributed by atoms with Crippen molar-refractivity contribution in [3.05, 3.63) is 29.8 Å². The van der Waals surface area contributed by atoms with Crippen molar-refractivity contribution >= 4 is 23.4 Å². The first-order valence-electron chi connectivity index (χ1n) is 6.95. The van der Waals surface area contributed by atoms with Crippen LogP contribution in [0.2, 0.25) is 0 Å². The number of nitrogen functional groups attached to an aromatic ring is 1. The highest BCUT2D eigenvalue weighted by Gasteiger charge is 2.27. The molecule has 0 aromatic heterocycles. The van der Waals surface area contributed by atoms with Crippen molar-refractivity contribution in [3.63, 3.8) is 0 Å². The molecule has 1 atom stereocenters. The molecule has 1 heterocycles. The molecule has 1 aromatic carbocycles. The standard InChI is InChI=1S/C15H22N2OS/c1-2-9-17(15(18)14-4-3-10-19-14)11-12-5-7-13(16)8-6-12/h5-8,14H,2-4,9-11,16H2,1H3. The predicted octanol–water partition coefficient (Wildman–Crippen LogP) is 2.90. The summed E-state index contributed by atoms with van der Waals surface area (Å²) in [5.74, 6) is 1.43. The lowest BCUT2D eigenvalue weighted by Gasteiger charge is -2.25. The lowest BCUT2D eigenvalue weighted by atomic mass is 10.1. The fourth-order valence-corrected chi connectivity index (χ4v) is 3.60. The van der Waals surface area contributed by atoms with Crippen LogP contribution < -0.4 is 5.73 Å². The van der Waals surface area contributed by atoms with E-state index in [1.807, 2.05) is 29.2 Å². The fourth-order valence-electron chi connectivity index (χ4n) is 2.36. The highest BCUT2D eigenvalue weighted by Crippen LogP contribution is 2.28. The van der Waals surface area contributed by atoms with Crippen LogP contribution >= 0.6 is 11.8 Å². The van der Waals surface area contributed by atoms with Crippen molar-refractivity contribution in [3.8, 4) is 0 Å². The Balaban J connectivity index is 2.02. The Hall–Kier alpha value is -1.16. The number of anilines is 1. The van der Waals surface area contributed by atoms with Crippen LogP contribution in [0.5, 0.6) is 0 Å². The average molecular weight is 278 g/mol. The summed E-state index contributed by atoms with van der Waals surface area (Å²) in [5, 5.41) is 0.181. The van der Waals surface area contributed by atoms with Gasteiger partial charge in [-0.1, -0.05) is 19.1 Å². The molecule has 0 radical (unpaired) electrons. The monoisotopic (exact) mass is 278 g/mol. The van der Waals surface area contributed by atoms with E-state index in [1.165, 1.54) is 6.42 Å². The second kappa shape index (κ2) is 6.85. The Morgan fingerprint density at radius 3 is 2.74 bits per heavy atom. The van der Waals surface area contributed by atoms with Crippen LogP contribution in [0.15, 0.2) is 24.3 Å². The molecule has 1 unspecified atom stereocenters. The highest BCUT2D eigenvalue weighted by molar-refractivity contribution is 8.00. The largest absolute Gasteiger partial charge is 0.399 e. The van der Waals surface area contributed by atoms with Crippen LogP contribution in [0.25, 0.3) is 0 Å². The van der Waals surface area contributed by atoms with Crippen LogP contribution in [0.4, 0.5) is 5.69 Å². The van der Waals surface area contributed by atoms with E-state index in [9.17, 15) is 4.79 Å². The zero-order chi connectivity index (χ0) is 13.7. The number of benzene rings is 1. The van der Waals surface area contributed by atoms with E-state index in [2.05, 4.69) is 6.92 Å². The lowest BCUT2D eigenvalue weighted by molar-refractivity contribution is -0.131. The summed E-state index contributed by atoms with van der Waals surface area (Å²) in [5.41, 5.74) is 7.61. The number of hydrogen-bond donors (Lipinski definition) is 1. The minimum Gasteiger partial charge on any atom is -0.399 e. The summed E-state index contributed by atoms with van der Waals surface area (Å²) in [4.78, 5) is 14.5. The molecule has 2 rings (SSSR count). The smallest absolute Gasteiger partial charge is 0.235 e. The van der Waals surface area contributed by atoms with Gasteiger partial charge in [-0.15, -0.1) is 11.8 Å². The van der Waals surface area contributed by atoms with Crippen LogP contribution in [-0.4, -0.2) is 28.4 Å². The Kier molecular flexibility index (Phi) is 5.14. The minimum absolute atomic E-state index is 0.181. The van der Waals surface area contributed by atoms with Gasteiger partial charge in [0.1, 0.15) is 0 Å². The van der Waals surface area contributed by atoms with Crippen molar-refractivity contribution in [2.45, 2.75) is 38.0 Å². The average Bonchev–Trinajstić information content (AvgIpc) is 2.94. The first kappa shape index (κ1) is 14.3. The molecule has 4 heteroatoms. The summed E-state index contributed by atoms with van der Waals surface area (Å²) >= 11 is 1.81. The zero-order valence-electron chi connectivity index (χ0n) is 11.5. The molecular weight excluding hydrogens is 256 g/mol. The maximum atomic E-state index is 12.5. The number of amides is 1. The van der Waals surface area contributed by atoms with Crippen molar-refractivity contribution in [2.24, 2.45) is 0 Å². The quantitative estimate of drug-likeness (QED) is 0.842. The van der Waals surface area contributed by atoms with Gasteiger partial charge in [-0.3, -0.25) is 4.79 Å². The number of nitrogens with zero attached hydrogens (tertiary/aromatic N) is 1. The van der Waals surface area contributed by atoms with E-state index in [1.54, 1.807) is 11.8 Å². The second-order valence-electron chi connectivity index (χ2n) is 5.00. The molecule has 19 heavy (non-hydrogen) atoms. The number of nitrogens with two attached hydrogens (primary N) is 1. The normalized spacial score (nSPS) is 18.5. The molecule has 2 N–H and O–H groups in total. The lowest BCUT2D eigenvalue weighted by Crippen LogP contribution is -2.37. The van der Waals surface area contributed by atoms with Crippen LogP contribution in [-0.2, 0) is 11.3 Å². The third kappa shape index (κ3) is 3.90. The van der Waals surface area contributed by atoms with Gasteiger partial charge in [0.05, 0.1) is 5.25 Å². The van der Waals surface area contributed by atoms with Gasteiger partial charge >= 0.3 is 0 Å². The third-order valence-corrected chi connectivity index (χ3v) is 4.73. The summed E-state index contributed by atoms with van der Waals surface area (Å²) in [7, 11) is 0. The molecule has 1 aromatic rings. The van der Waals surface area contributed by atoms with E-state index in [4.69, 9.17) is 5.73 Å². The predicted molar refractivity (Wildman–Crippen MR) is 82.0 cm³/mol. The van der Waals surface area contributed by atoms with E-state index in [-0.39, 0.29) is 5.25 Å². The number of rotatable bonds is 5. The van der Waals surface area contributed by atoms with Gasteiger partial charge in [0, 0.05) is 18.8 Å². The molecule has 3 nitrogen and oxygen atoms in total. The van der Waals surface area contributed by atoms with Crippen LogP contribution in [0.1, 0.15) is 31.7 Å². The fraction of sp³-hybridized carbons (Fsp3) is 0.533. The molecule has 0 bridgehead atoms. The van der Waals surface area contributed by atoms with Gasteiger partial charge in [0.15, 0.2) is 0 Å². The Labute approximate surface area is 119 Å². The third-order valence-electron chi connectivity index (χ3n) is 3.36. The molecule has 1 amide bonds. The number of carbonyl (C=O) groups is 1. The van der Waals surface area contributed by atoms with Gasteiger partial charge in [0.2, 0.25) is 5.91 Å². The Morgan fingerprint density at radius 1 is 1.42 bits per heavy atom. The SMILES string of the molecule is CCCN(Cc1ccc(N)cc1)C(=O)C1CCCS1. The summed E-state index contributed by atoms with van der Waals surface area (Å²) in [6, 6.07) is 7.81. The molecule has 0 spiro atoms. The maximum Gasteiger partial charge on any atom is 0.235 e. The molecule has 0 saturated carbocycles. The second-order valence-corrected chi connectivity index (χ2v) is 6.31. The van der Waals surface area contributed by atoms with E-state index >= 15 is 0 Å². The van der Waals surface area contributed by atoms with Crippen LogP contribution in [0, 0.1) is 0 Å². The topological polar surface area (TPSA) is 46.3 Å². The van der Waals surface area contributed by atoms with Crippen LogP contribution in [0.3, 0.4) is 0 Å². The Bertz CT molecular complexity index is 413. The van der Waals surface area contributed by atoms with Gasteiger partial charge in [-0.05, 0) is 42.7 Å². The minimum atomic E-state index is 0.181. The van der Waals surface area contributed by atoms with Crippen molar-refractivity contribution in [1.82, 2.24) is 4.90 Å². The molecule has 1 saturated heterocycles. The maximum absolute atomic E-state index is 12.5. The molecule has 1 aliphatic heterocycles. The van der Waals surface area contributed by atoms with Crippen molar-refractivity contribution in [2.75, 3.05) is 18.0 Å². The summed E-state index contributed by atoms with van der Waals surface area (Å²) in [6.45, 7) is 3.65. The van der Waals surface area contributed by atoms with Crippen molar-refractivity contribution in [1.29, 1.82) is 0 Å². The summed E-state index contributed by atoms with van der Waals surface area (Å²) in [6.07, 6.45) is 3.20. The number of thioether (sulfide) groups is 1. The van der Waals surface area contributed by atoms with E-state index in [0.29, 0.717) is 12.5 Å². The van der Waals surface area contributed by atoms with Crippen molar-refractivity contribution < 1.29 is 4.79 Å². The molecule has 1 fully saturated rings. The van der Waals surface area contributed by atoms with E-state index in [0.717, 1.165) is 36.4 Å². The van der Waals surface area contributed by atoms with Gasteiger partial charge in [-0.25, -0.2) is 0 Å². The molecule has 1 aliphatic rings. The first-order chi connectivity index (χ1) is 9.20. The van der Waals surface area contributed by atoms with Gasteiger partial charge in [0.25, 0.3) is 0 Å². The number of carbonyl (C=O) groups excluding carboxylic acids is 1. The van der Waals surface area contributed by atoms with Gasteiger partial charge in [-0.2, -0.15) is 0 Å². The first-order valence-corrected chi connectivity index (χ1v) is 8.00. The van der Waals surface area contributed by atoms with E-state index < -0.39 is 0 Å². The molecule has 104 valence electrons. The summed E-state index contributed by atoms with van der Waals surface area (Å²) < 4.78 is 0. The Morgan fingerprint density at radius 2 is 2.16 bits per heavy atom.